The van der Waals surface area contributed by atoms with Crippen molar-refractivity contribution in [2.45, 2.75) is 6.92 Å². The summed E-state index contributed by atoms with van der Waals surface area (Å²) in [5.41, 5.74) is 6.46. The number of nitrogen functional groups attached to an aromatic ring is 1. The molecule has 2 heterocycles. The lowest BCUT2D eigenvalue weighted by Crippen LogP contribution is -2.12. The van der Waals surface area contributed by atoms with Crippen molar-refractivity contribution in [3.8, 4) is 0 Å². The quantitative estimate of drug-likeness (QED) is 0.828. The van der Waals surface area contributed by atoms with Gasteiger partial charge in [-0.1, -0.05) is 0 Å². The van der Waals surface area contributed by atoms with E-state index in [1.54, 1.807) is 17.5 Å². The first-order valence-corrected chi connectivity index (χ1v) is 5.48. The molecule has 0 unspecified atom stereocenters. The molecule has 0 bridgehead atoms. The number of nitrogens with zero attached hydrogens (tertiary/aromatic N) is 2. The van der Waals surface area contributed by atoms with E-state index in [4.69, 9.17) is 5.73 Å². The standard InChI is InChI=1S/C10H10N4OS/c1-6-13-8(5-16-6)10(15)14-7-2-3-9(11)12-4-7/h2-5H,1H3,(H2,11,12)(H,14,15). The summed E-state index contributed by atoms with van der Waals surface area (Å²) in [4.78, 5) is 19.6. The molecule has 0 saturated carbocycles. The van der Waals surface area contributed by atoms with Crippen molar-refractivity contribution in [2.75, 3.05) is 11.1 Å². The lowest BCUT2D eigenvalue weighted by atomic mass is 10.3. The predicted molar refractivity (Wildman–Crippen MR) is 63.5 cm³/mol. The highest BCUT2D eigenvalue weighted by molar-refractivity contribution is 7.09. The Morgan fingerprint density at radius 3 is 2.88 bits per heavy atom. The van der Waals surface area contributed by atoms with Crippen molar-refractivity contribution in [1.82, 2.24) is 9.97 Å². The number of hydrogen-bond acceptors (Lipinski definition) is 5. The topological polar surface area (TPSA) is 80.9 Å². The monoisotopic (exact) mass is 234 g/mol. The van der Waals surface area contributed by atoms with Gasteiger partial charge in [0, 0.05) is 5.38 Å². The zero-order valence-electron chi connectivity index (χ0n) is 8.60. The van der Waals surface area contributed by atoms with Crippen molar-refractivity contribution in [3.63, 3.8) is 0 Å². The molecule has 0 fully saturated rings. The molecule has 5 nitrogen and oxygen atoms in total. The number of thiazole rings is 1. The van der Waals surface area contributed by atoms with Crippen LogP contribution in [0.5, 0.6) is 0 Å². The SMILES string of the molecule is Cc1nc(C(=O)Nc2ccc(N)nc2)cs1. The summed E-state index contributed by atoms with van der Waals surface area (Å²) in [7, 11) is 0. The van der Waals surface area contributed by atoms with Crippen LogP contribution in [0.1, 0.15) is 15.5 Å². The first kappa shape index (κ1) is 10.6. The number of rotatable bonds is 2. The van der Waals surface area contributed by atoms with Crippen LogP contribution in [0.25, 0.3) is 0 Å². The van der Waals surface area contributed by atoms with Gasteiger partial charge in [-0.15, -0.1) is 11.3 Å². The van der Waals surface area contributed by atoms with Crippen LogP contribution in [0.15, 0.2) is 23.7 Å². The van der Waals surface area contributed by atoms with E-state index in [1.165, 1.54) is 17.5 Å². The van der Waals surface area contributed by atoms with Crippen LogP contribution in [-0.2, 0) is 0 Å². The molecule has 16 heavy (non-hydrogen) atoms. The van der Waals surface area contributed by atoms with Crippen molar-refractivity contribution in [1.29, 1.82) is 0 Å². The summed E-state index contributed by atoms with van der Waals surface area (Å²) in [6.07, 6.45) is 1.51. The fourth-order valence-corrected chi connectivity index (χ4v) is 1.74. The summed E-state index contributed by atoms with van der Waals surface area (Å²) in [6.45, 7) is 1.85. The van der Waals surface area contributed by atoms with Gasteiger partial charge in [-0.3, -0.25) is 4.79 Å². The first-order chi connectivity index (χ1) is 7.65. The molecular weight excluding hydrogens is 224 g/mol. The number of aromatic nitrogens is 2. The van der Waals surface area contributed by atoms with E-state index in [-0.39, 0.29) is 5.91 Å². The van der Waals surface area contributed by atoms with Crippen molar-refractivity contribution in [3.05, 3.63) is 34.4 Å². The fraction of sp³-hybridized carbons (Fsp3) is 0.100. The highest BCUT2D eigenvalue weighted by Crippen LogP contribution is 2.12. The highest BCUT2D eigenvalue weighted by Gasteiger charge is 2.09. The zero-order chi connectivity index (χ0) is 11.5. The van der Waals surface area contributed by atoms with Gasteiger partial charge < -0.3 is 11.1 Å². The van der Waals surface area contributed by atoms with Crippen LogP contribution in [0.2, 0.25) is 0 Å². The van der Waals surface area contributed by atoms with E-state index in [0.29, 0.717) is 17.2 Å². The third kappa shape index (κ3) is 2.34. The fourth-order valence-electron chi connectivity index (χ4n) is 1.14. The summed E-state index contributed by atoms with van der Waals surface area (Å²) >= 11 is 1.44. The number of hydrogen-bond donors (Lipinski definition) is 2. The minimum Gasteiger partial charge on any atom is -0.384 e. The van der Waals surface area contributed by atoms with Crippen LogP contribution in [0.3, 0.4) is 0 Å². The molecule has 2 aromatic heterocycles. The van der Waals surface area contributed by atoms with Gasteiger partial charge in [-0.05, 0) is 19.1 Å². The molecule has 0 aromatic carbocycles. The van der Waals surface area contributed by atoms with E-state index in [1.807, 2.05) is 6.92 Å². The van der Waals surface area contributed by atoms with Gasteiger partial charge in [0.2, 0.25) is 0 Å². The number of aryl methyl sites for hydroxylation is 1. The minimum atomic E-state index is -0.240. The van der Waals surface area contributed by atoms with Crippen molar-refractivity contribution in [2.24, 2.45) is 0 Å². The molecule has 1 amide bonds. The van der Waals surface area contributed by atoms with Gasteiger partial charge >= 0.3 is 0 Å². The summed E-state index contributed by atoms with van der Waals surface area (Å²) < 4.78 is 0. The summed E-state index contributed by atoms with van der Waals surface area (Å²) in [6, 6.07) is 3.32. The maximum atomic E-state index is 11.7. The predicted octanol–water partition coefficient (Wildman–Crippen LogP) is 1.68. The number of amides is 1. The molecule has 0 aliphatic rings. The van der Waals surface area contributed by atoms with Crippen LogP contribution in [0, 0.1) is 6.92 Å². The minimum absolute atomic E-state index is 0.240. The second-order valence-electron chi connectivity index (χ2n) is 3.18. The Hall–Kier alpha value is -1.95. The Balaban J connectivity index is 2.10. The van der Waals surface area contributed by atoms with Crippen LogP contribution >= 0.6 is 11.3 Å². The van der Waals surface area contributed by atoms with Gasteiger partial charge in [-0.2, -0.15) is 0 Å². The van der Waals surface area contributed by atoms with Gasteiger partial charge in [0.05, 0.1) is 16.9 Å². The molecule has 2 aromatic rings. The molecule has 0 atom stereocenters. The van der Waals surface area contributed by atoms with E-state index in [9.17, 15) is 4.79 Å². The number of nitrogens with two attached hydrogens (primary N) is 1. The molecule has 0 aliphatic carbocycles. The number of pyridine rings is 1. The Labute approximate surface area is 96.3 Å². The van der Waals surface area contributed by atoms with Gasteiger partial charge in [-0.25, -0.2) is 9.97 Å². The average Bonchev–Trinajstić information content (AvgIpc) is 2.68. The Morgan fingerprint density at radius 1 is 1.50 bits per heavy atom. The van der Waals surface area contributed by atoms with Gasteiger partial charge in [0.1, 0.15) is 11.5 Å². The molecule has 0 spiro atoms. The summed E-state index contributed by atoms with van der Waals surface area (Å²) in [5, 5.41) is 5.27. The van der Waals surface area contributed by atoms with Crippen molar-refractivity contribution >= 4 is 28.7 Å². The Bertz CT molecular complexity index is 506. The second-order valence-corrected chi connectivity index (χ2v) is 4.24. The number of nitrogens with one attached hydrogen (secondary N) is 1. The summed E-state index contributed by atoms with van der Waals surface area (Å²) in [5.74, 6) is 0.179. The van der Waals surface area contributed by atoms with Gasteiger partial charge in [0.15, 0.2) is 0 Å². The Morgan fingerprint density at radius 2 is 2.31 bits per heavy atom. The third-order valence-corrected chi connectivity index (χ3v) is 2.67. The van der Waals surface area contributed by atoms with Crippen LogP contribution < -0.4 is 11.1 Å². The highest BCUT2D eigenvalue weighted by atomic mass is 32.1. The van der Waals surface area contributed by atoms with E-state index in [2.05, 4.69) is 15.3 Å². The van der Waals surface area contributed by atoms with Gasteiger partial charge in [0.25, 0.3) is 5.91 Å². The number of carbonyl (C=O) groups is 1. The molecule has 0 aliphatic heterocycles. The third-order valence-electron chi connectivity index (χ3n) is 1.90. The molecule has 6 heteroatoms. The first-order valence-electron chi connectivity index (χ1n) is 4.60. The molecule has 82 valence electrons. The Kier molecular flexibility index (Phi) is 2.82. The lowest BCUT2D eigenvalue weighted by Gasteiger charge is -2.02. The number of anilines is 2. The zero-order valence-corrected chi connectivity index (χ0v) is 9.41. The smallest absolute Gasteiger partial charge is 0.275 e. The average molecular weight is 234 g/mol. The largest absolute Gasteiger partial charge is 0.384 e. The molecular formula is C10H10N4OS. The van der Waals surface area contributed by atoms with E-state index in [0.717, 1.165) is 5.01 Å². The molecule has 2 rings (SSSR count). The van der Waals surface area contributed by atoms with Crippen LogP contribution in [-0.4, -0.2) is 15.9 Å². The lowest BCUT2D eigenvalue weighted by molar-refractivity contribution is 0.102. The molecule has 0 saturated heterocycles. The normalized spacial score (nSPS) is 10.1. The maximum absolute atomic E-state index is 11.7. The van der Waals surface area contributed by atoms with Crippen LogP contribution in [0.4, 0.5) is 11.5 Å². The molecule has 3 N–H and O–H groups in total. The van der Waals surface area contributed by atoms with E-state index >= 15 is 0 Å². The van der Waals surface area contributed by atoms with Crippen molar-refractivity contribution < 1.29 is 4.79 Å². The number of carbonyl (C=O) groups excluding carboxylic acids is 1. The molecule has 0 radical (unpaired) electrons. The maximum Gasteiger partial charge on any atom is 0.275 e. The van der Waals surface area contributed by atoms with E-state index < -0.39 is 0 Å². The second kappa shape index (κ2) is 4.28.